The van der Waals surface area contributed by atoms with E-state index in [0.29, 0.717) is 36.3 Å². The van der Waals surface area contributed by atoms with E-state index < -0.39 is 29.3 Å². The van der Waals surface area contributed by atoms with Crippen LogP contribution in [0.4, 0.5) is 10.1 Å². The van der Waals surface area contributed by atoms with Gasteiger partial charge in [-0.25, -0.2) is 9.18 Å². The Morgan fingerprint density at radius 2 is 1.71 bits per heavy atom. The number of aliphatic hydroxyl groups excluding tert-OH is 2. The van der Waals surface area contributed by atoms with Gasteiger partial charge in [0.2, 0.25) is 0 Å². The van der Waals surface area contributed by atoms with E-state index in [0.717, 1.165) is 32.1 Å². The van der Waals surface area contributed by atoms with Crippen molar-refractivity contribution in [2.45, 2.75) is 70.6 Å². The molecule has 2 saturated carbocycles. The van der Waals surface area contributed by atoms with Crippen molar-refractivity contribution < 1.29 is 14.6 Å². The number of H-pyrrole nitrogens is 1. The molecule has 1 saturated heterocycles. The highest BCUT2D eigenvalue weighted by molar-refractivity contribution is 5.90. The number of rotatable bonds is 2. The van der Waals surface area contributed by atoms with Crippen LogP contribution in [0.2, 0.25) is 0 Å². The number of hydrogen-bond donors (Lipinski definition) is 3. The van der Waals surface area contributed by atoms with Crippen molar-refractivity contribution in [3.63, 3.8) is 0 Å². The monoisotopic (exact) mass is 431 g/mol. The van der Waals surface area contributed by atoms with Gasteiger partial charge in [-0.3, -0.25) is 14.3 Å². The van der Waals surface area contributed by atoms with E-state index >= 15 is 4.39 Å². The van der Waals surface area contributed by atoms with E-state index in [1.807, 2.05) is 4.90 Å². The van der Waals surface area contributed by atoms with Gasteiger partial charge in [0.05, 0.1) is 28.8 Å². The SMILES string of the molecule is Cc1c(F)c(N2CC3CCCCC(O)C(O)C3C2)c(C)c2c1c(=O)[nH]c(=O)n2C1CC1. The molecule has 0 radical (unpaired) electrons. The molecule has 2 heterocycles. The number of aryl methyl sites for hydroxylation is 2. The molecule has 1 aliphatic heterocycles. The van der Waals surface area contributed by atoms with Crippen LogP contribution in [0.25, 0.3) is 10.9 Å². The highest BCUT2D eigenvalue weighted by Gasteiger charge is 2.42. The molecule has 0 bridgehead atoms. The second-order valence-electron chi connectivity index (χ2n) is 9.67. The molecule has 2 aromatic rings. The van der Waals surface area contributed by atoms with E-state index in [-0.39, 0.29) is 28.8 Å². The Morgan fingerprint density at radius 1 is 1.00 bits per heavy atom. The second kappa shape index (κ2) is 7.45. The average Bonchev–Trinajstić information content (AvgIpc) is 3.47. The first-order valence-electron chi connectivity index (χ1n) is 11.4. The van der Waals surface area contributed by atoms with Gasteiger partial charge in [0.15, 0.2) is 5.82 Å². The summed E-state index contributed by atoms with van der Waals surface area (Å²) in [7, 11) is 0. The zero-order valence-electron chi connectivity index (χ0n) is 18.0. The second-order valence-corrected chi connectivity index (χ2v) is 9.67. The lowest BCUT2D eigenvalue weighted by Gasteiger charge is -2.30. The molecule has 2 aliphatic carbocycles. The summed E-state index contributed by atoms with van der Waals surface area (Å²) in [6, 6.07) is 0.0356. The number of fused-ring (bicyclic) bond motifs is 2. The maximum Gasteiger partial charge on any atom is 0.329 e. The van der Waals surface area contributed by atoms with Crippen LogP contribution in [-0.2, 0) is 0 Å². The van der Waals surface area contributed by atoms with Gasteiger partial charge < -0.3 is 15.1 Å². The van der Waals surface area contributed by atoms with Gasteiger partial charge in [-0.05, 0) is 45.4 Å². The summed E-state index contributed by atoms with van der Waals surface area (Å²) in [5.41, 5.74) is 0.785. The quantitative estimate of drug-likeness (QED) is 0.677. The molecule has 7 nitrogen and oxygen atoms in total. The highest BCUT2D eigenvalue weighted by Crippen LogP contribution is 2.43. The lowest BCUT2D eigenvalue weighted by molar-refractivity contribution is -0.0347. The first-order chi connectivity index (χ1) is 14.8. The van der Waals surface area contributed by atoms with Gasteiger partial charge in [-0.15, -0.1) is 0 Å². The Kier molecular flexibility index (Phi) is 4.97. The minimum Gasteiger partial charge on any atom is -0.390 e. The average molecular weight is 432 g/mol. The number of nitrogens with one attached hydrogen (secondary N) is 1. The van der Waals surface area contributed by atoms with E-state index in [1.165, 1.54) is 0 Å². The van der Waals surface area contributed by atoms with Gasteiger partial charge in [0.25, 0.3) is 5.56 Å². The number of halogens is 1. The molecule has 4 unspecified atom stereocenters. The fourth-order valence-electron chi connectivity index (χ4n) is 5.87. The summed E-state index contributed by atoms with van der Waals surface area (Å²) in [6.45, 7) is 4.41. The largest absolute Gasteiger partial charge is 0.390 e. The van der Waals surface area contributed by atoms with Crippen LogP contribution in [0.15, 0.2) is 9.59 Å². The third kappa shape index (κ3) is 3.22. The number of aromatic amines is 1. The van der Waals surface area contributed by atoms with Gasteiger partial charge in [0, 0.05) is 36.2 Å². The molecule has 3 N–H and O–H groups in total. The lowest BCUT2D eigenvalue weighted by Crippen LogP contribution is -2.39. The van der Waals surface area contributed by atoms with Crippen molar-refractivity contribution in [1.82, 2.24) is 9.55 Å². The summed E-state index contributed by atoms with van der Waals surface area (Å²) < 4.78 is 17.3. The first kappa shape index (κ1) is 20.7. The topological polar surface area (TPSA) is 98.6 Å². The molecule has 1 aromatic heterocycles. The maximum atomic E-state index is 15.7. The number of aliphatic hydroxyl groups is 2. The van der Waals surface area contributed by atoms with Crippen LogP contribution in [0.1, 0.15) is 55.7 Å². The standard InChI is InChI=1S/C23H30FN3O4/c1-11-17-19(27(14-7-8-14)23(31)25-22(17)30)12(2)20(18(11)24)26-9-13-5-3-4-6-16(28)21(29)15(13)10-26/h13-16,21,28-29H,3-10H2,1-2H3,(H,25,30,31). The molecule has 1 aromatic carbocycles. The molecule has 3 aliphatic rings. The zero-order valence-corrected chi connectivity index (χ0v) is 18.0. The normalized spacial score (nSPS) is 29.1. The third-order valence-electron chi connectivity index (χ3n) is 7.64. The van der Waals surface area contributed by atoms with Crippen LogP contribution in [-0.4, -0.2) is 45.1 Å². The number of hydrogen-bond acceptors (Lipinski definition) is 5. The predicted molar refractivity (Wildman–Crippen MR) is 116 cm³/mol. The van der Waals surface area contributed by atoms with Crippen LogP contribution >= 0.6 is 0 Å². The summed E-state index contributed by atoms with van der Waals surface area (Å²) in [4.78, 5) is 29.5. The fourth-order valence-corrected chi connectivity index (χ4v) is 5.87. The summed E-state index contributed by atoms with van der Waals surface area (Å²) in [5.74, 6) is -0.403. The predicted octanol–water partition coefficient (Wildman–Crippen LogP) is 2.13. The molecule has 8 heteroatoms. The van der Waals surface area contributed by atoms with Crippen molar-refractivity contribution in [3.05, 3.63) is 37.8 Å². The van der Waals surface area contributed by atoms with E-state index in [9.17, 15) is 19.8 Å². The van der Waals surface area contributed by atoms with Gasteiger partial charge >= 0.3 is 5.69 Å². The van der Waals surface area contributed by atoms with Crippen LogP contribution in [0, 0.1) is 31.5 Å². The van der Waals surface area contributed by atoms with Crippen LogP contribution < -0.4 is 16.1 Å². The first-order valence-corrected chi connectivity index (χ1v) is 11.4. The van der Waals surface area contributed by atoms with E-state index in [4.69, 9.17) is 0 Å². The number of anilines is 1. The van der Waals surface area contributed by atoms with Gasteiger partial charge in [-0.2, -0.15) is 0 Å². The Hall–Kier alpha value is -2.19. The lowest BCUT2D eigenvalue weighted by atomic mass is 9.81. The smallest absolute Gasteiger partial charge is 0.329 e. The Balaban J connectivity index is 1.67. The molecule has 31 heavy (non-hydrogen) atoms. The maximum absolute atomic E-state index is 15.7. The van der Waals surface area contributed by atoms with Crippen molar-refractivity contribution in [2.24, 2.45) is 11.8 Å². The molecule has 168 valence electrons. The molecular formula is C23H30FN3O4. The molecular weight excluding hydrogens is 401 g/mol. The number of aromatic nitrogens is 2. The number of benzene rings is 1. The summed E-state index contributed by atoms with van der Waals surface area (Å²) in [5, 5.41) is 21.3. The van der Waals surface area contributed by atoms with Crippen molar-refractivity contribution >= 4 is 16.6 Å². The summed E-state index contributed by atoms with van der Waals surface area (Å²) in [6.07, 6.45) is 3.53. The Bertz CT molecular complexity index is 1150. The van der Waals surface area contributed by atoms with Gasteiger partial charge in [0.1, 0.15) is 0 Å². The Labute approximate surface area is 179 Å². The molecule has 0 amide bonds. The van der Waals surface area contributed by atoms with Crippen molar-refractivity contribution in [2.75, 3.05) is 18.0 Å². The van der Waals surface area contributed by atoms with E-state index in [2.05, 4.69) is 4.98 Å². The minimum absolute atomic E-state index is 0.0356. The molecule has 0 spiro atoms. The summed E-state index contributed by atoms with van der Waals surface area (Å²) >= 11 is 0. The number of nitrogens with zero attached hydrogens (tertiary/aromatic N) is 2. The minimum atomic E-state index is -0.826. The highest BCUT2D eigenvalue weighted by atomic mass is 19.1. The molecule has 4 atom stereocenters. The fraction of sp³-hybridized carbons (Fsp3) is 0.652. The van der Waals surface area contributed by atoms with Crippen molar-refractivity contribution in [3.8, 4) is 0 Å². The van der Waals surface area contributed by atoms with Crippen molar-refractivity contribution in [1.29, 1.82) is 0 Å². The van der Waals surface area contributed by atoms with Crippen LogP contribution in [0.5, 0.6) is 0 Å². The molecule has 3 fully saturated rings. The van der Waals surface area contributed by atoms with Crippen LogP contribution in [0.3, 0.4) is 0 Å². The van der Waals surface area contributed by atoms with E-state index in [1.54, 1.807) is 18.4 Å². The third-order valence-corrected chi connectivity index (χ3v) is 7.64. The molecule has 5 rings (SSSR count). The van der Waals surface area contributed by atoms with Gasteiger partial charge in [-0.1, -0.05) is 12.8 Å². The zero-order chi connectivity index (χ0) is 22.0. The Morgan fingerprint density at radius 3 is 2.42 bits per heavy atom.